The van der Waals surface area contributed by atoms with Gasteiger partial charge in [-0.1, -0.05) is 111 Å². The summed E-state index contributed by atoms with van der Waals surface area (Å²) in [6.45, 7) is 11.6. The highest BCUT2D eigenvalue weighted by molar-refractivity contribution is 14.1. The first kappa shape index (κ1) is 44.0. The van der Waals surface area contributed by atoms with Crippen LogP contribution in [0.4, 0.5) is 0 Å². The van der Waals surface area contributed by atoms with Crippen LogP contribution in [0, 0.1) is 11.8 Å². The minimum Gasteiger partial charge on any atom is -0.381 e. The van der Waals surface area contributed by atoms with Crippen LogP contribution >= 0.6 is 22.6 Å². The molecular formula is C40H58IN5O7. The Morgan fingerprint density at radius 2 is 1.23 bits per heavy atom. The number of carbonyl (C=O) groups excluding carboxylic acids is 5. The van der Waals surface area contributed by atoms with E-state index in [4.69, 9.17) is 4.74 Å². The smallest absolute Gasteiger partial charge is 0.243 e. The van der Waals surface area contributed by atoms with Crippen LogP contribution in [0.15, 0.2) is 60.7 Å². The van der Waals surface area contributed by atoms with E-state index in [0.29, 0.717) is 45.6 Å². The summed E-state index contributed by atoms with van der Waals surface area (Å²) in [6.07, 6.45) is 1.54. The molecule has 3 rings (SSSR count). The second-order valence-corrected chi connectivity index (χ2v) is 15.7. The van der Waals surface area contributed by atoms with Gasteiger partial charge in [-0.05, 0) is 55.6 Å². The van der Waals surface area contributed by atoms with Gasteiger partial charge in [0, 0.05) is 23.9 Å². The van der Waals surface area contributed by atoms with Crippen LogP contribution in [0.3, 0.4) is 0 Å². The largest absolute Gasteiger partial charge is 0.381 e. The molecule has 1 heterocycles. The number of ketones is 1. The molecule has 4 amide bonds. The maximum absolute atomic E-state index is 14.1. The first-order valence-corrected chi connectivity index (χ1v) is 20.1. The lowest BCUT2D eigenvalue weighted by atomic mass is 9.91. The average Bonchev–Trinajstić information content (AvgIpc) is 3.12. The number of benzene rings is 2. The Morgan fingerprint density at radius 3 is 1.79 bits per heavy atom. The van der Waals surface area contributed by atoms with Gasteiger partial charge in [-0.2, -0.15) is 0 Å². The summed E-state index contributed by atoms with van der Waals surface area (Å²) >= 11 is 1.94. The summed E-state index contributed by atoms with van der Waals surface area (Å²) in [5.41, 5.74) is 0.146. The third-order valence-electron chi connectivity index (χ3n) is 9.07. The van der Waals surface area contributed by atoms with Crippen LogP contribution < -0.4 is 21.3 Å². The fourth-order valence-corrected chi connectivity index (χ4v) is 6.53. The Labute approximate surface area is 328 Å². The highest BCUT2D eigenvalue weighted by Crippen LogP contribution is 2.17. The summed E-state index contributed by atoms with van der Waals surface area (Å²) in [5, 5.41) is 22.3. The monoisotopic (exact) mass is 847 g/mol. The number of Topliss-reactive ketones (excluding diaryl/α,β-unsaturated/α-hetero) is 1. The molecule has 13 heteroatoms. The van der Waals surface area contributed by atoms with Crippen molar-refractivity contribution in [1.29, 1.82) is 0 Å². The number of halogens is 1. The first-order chi connectivity index (χ1) is 25.2. The highest BCUT2D eigenvalue weighted by atomic mass is 127. The van der Waals surface area contributed by atoms with Crippen molar-refractivity contribution in [3.8, 4) is 0 Å². The molecule has 2 aromatic rings. The number of rotatable bonds is 21. The molecule has 1 aliphatic rings. The fraction of sp³-hybridized carbons (Fsp3) is 0.575. The topological polar surface area (TPSA) is 166 Å². The molecule has 0 radical (unpaired) electrons. The SMILES string of the molecule is CC(C)CC(NC(=O)[C@H](Cc1ccccc1)NC(=O)[C@H](CC(C)C)NC(=O)C(CCc1ccccc1)NC(=O)CN1CCOCC1)C(=O)C(C)(O)CI. The Hall–Kier alpha value is -3.40. The maximum atomic E-state index is 14.1. The molecule has 53 heavy (non-hydrogen) atoms. The third kappa shape index (κ3) is 15.5. The molecule has 292 valence electrons. The Morgan fingerprint density at radius 1 is 0.736 bits per heavy atom. The van der Waals surface area contributed by atoms with Gasteiger partial charge in [0.05, 0.1) is 25.8 Å². The van der Waals surface area contributed by atoms with E-state index in [1.165, 1.54) is 6.92 Å². The van der Waals surface area contributed by atoms with E-state index < -0.39 is 53.3 Å². The van der Waals surface area contributed by atoms with E-state index in [9.17, 15) is 29.1 Å². The van der Waals surface area contributed by atoms with Crippen molar-refractivity contribution < 1.29 is 33.8 Å². The molecule has 5 atom stereocenters. The molecule has 0 saturated carbocycles. The van der Waals surface area contributed by atoms with Gasteiger partial charge in [-0.3, -0.25) is 28.9 Å². The number of alkyl halides is 1. The fourth-order valence-electron chi connectivity index (χ4n) is 6.15. The van der Waals surface area contributed by atoms with Crippen LogP contribution in [0.1, 0.15) is 65.0 Å². The summed E-state index contributed by atoms with van der Waals surface area (Å²) < 4.78 is 5.55. The second-order valence-electron chi connectivity index (χ2n) is 14.9. The number of carbonyl (C=O) groups is 5. The van der Waals surface area contributed by atoms with Gasteiger partial charge in [-0.15, -0.1) is 0 Å². The van der Waals surface area contributed by atoms with Crippen LogP contribution in [0.25, 0.3) is 0 Å². The molecule has 2 aromatic carbocycles. The number of hydrogen-bond acceptors (Lipinski definition) is 8. The summed E-state index contributed by atoms with van der Waals surface area (Å²) in [5.74, 6) is -2.39. The molecule has 12 nitrogen and oxygen atoms in total. The number of amides is 4. The van der Waals surface area contributed by atoms with E-state index in [0.717, 1.165) is 11.1 Å². The summed E-state index contributed by atoms with van der Waals surface area (Å²) in [6, 6.07) is 14.9. The lowest BCUT2D eigenvalue weighted by molar-refractivity contribution is -0.139. The van der Waals surface area contributed by atoms with E-state index in [1.807, 2.05) is 116 Å². The zero-order chi connectivity index (χ0) is 39.0. The van der Waals surface area contributed by atoms with Gasteiger partial charge < -0.3 is 31.1 Å². The minimum atomic E-state index is -1.65. The minimum absolute atomic E-state index is 0.00492. The van der Waals surface area contributed by atoms with Crippen molar-refractivity contribution in [2.45, 2.75) is 96.5 Å². The van der Waals surface area contributed by atoms with E-state index in [-0.39, 0.29) is 41.6 Å². The number of nitrogens with zero attached hydrogens (tertiary/aromatic N) is 1. The number of hydrogen-bond donors (Lipinski definition) is 5. The summed E-state index contributed by atoms with van der Waals surface area (Å²) in [7, 11) is 0. The highest BCUT2D eigenvalue weighted by Gasteiger charge is 2.38. The molecule has 1 fully saturated rings. The predicted octanol–water partition coefficient (Wildman–Crippen LogP) is 2.98. The first-order valence-electron chi connectivity index (χ1n) is 18.6. The molecule has 1 aliphatic heterocycles. The van der Waals surface area contributed by atoms with Crippen molar-refractivity contribution in [3.05, 3.63) is 71.8 Å². The molecule has 0 aromatic heterocycles. The van der Waals surface area contributed by atoms with E-state index in [2.05, 4.69) is 21.3 Å². The maximum Gasteiger partial charge on any atom is 0.243 e. The van der Waals surface area contributed by atoms with Crippen molar-refractivity contribution >= 4 is 52.0 Å². The van der Waals surface area contributed by atoms with Crippen molar-refractivity contribution in [3.63, 3.8) is 0 Å². The molecule has 3 unspecified atom stereocenters. The number of nitrogens with one attached hydrogen (secondary N) is 4. The zero-order valence-corrected chi connectivity index (χ0v) is 33.9. The molecule has 0 aliphatic carbocycles. The van der Waals surface area contributed by atoms with Gasteiger partial charge >= 0.3 is 0 Å². The number of aliphatic hydroxyl groups is 1. The standard InChI is InChI=1S/C40H58IN5O7/c1-27(2)22-32(36(48)40(5,52)26-41)43-39(51)34(24-30-14-10-7-11-15-30)45-38(50)33(23-28(3)4)44-37(49)31(17-16-29-12-8-6-9-13-29)42-35(47)25-46-18-20-53-21-19-46/h6-15,27-28,31-34,52H,16-26H2,1-5H3,(H,42,47)(H,43,51)(H,44,49)(H,45,50)/t31?,32?,33-,34-,40?/m0/s1. The van der Waals surface area contributed by atoms with E-state index >= 15 is 0 Å². The molecule has 0 bridgehead atoms. The Kier molecular flexibility index (Phi) is 18.3. The third-order valence-corrected chi connectivity index (χ3v) is 10.6. The molecule has 1 saturated heterocycles. The summed E-state index contributed by atoms with van der Waals surface area (Å²) in [4.78, 5) is 70.5. The molecular weight excluding hydrogens is 789 g/mol. The predicted molar refractivity (Wildman–Crippen MR) is 213 cm³/mol. The zero-order valence-electron chi connectivity index (χ0n) is 31.7. The van der Waals surface area contributed by atoms with Crippen LogP contribution in [0.5, 0.6) is 0 Å². The lowest BCUT2D eigenvalue weighted by Gasteiger charge is -2.30. The normalized spacial score (nSPS) is 16.8. The van der Waals surface area contributed by atoms with E-state index in [1.54, 1.807) is 0 Å². The number of aryl methyl sites for hydroxylation is 1. The Balaban J connectivity index is 1.84. The van der Waals surface area contributed by atoms with Gasteiger partial charge in [0.1, 0.15) is 23.7 Å². The van der Waals surface area contributed by atoms with Crippen LogP contribution in [-0.2, 0) is 41.6 Å². The average molecular weight is 848 g/mol. The Bertz CT molecular complexity index is 1470. The quantitative estimate of drug-likeness (QED) is 0.0946. The second kappa shape index (κ2) is 22.1. The van der Waals surface area contributed by atoms with Gasteiger partial charge in [0.2, 0.25) is 23.6 Å². The van der Waals surface area contributed by atoms with Gasteiger partial charge in [0.25, 0.3) is 0 Å². The van der Waals surface area contributed by atoms with Crippen molar-refractivity contribution in [1.82, 2.24) is 26.2 Å². The van der Waals surface area contributed by atoms with Crippen LogP contribution in [0.2, 0.25) is 0 Å². The van der Waals surface area contributed by atoms with Gasteiger partial charge in [-0.25, -0.2) is 0 Å². The van der Waals surface area contributed by atoms with Gasteiger partial charge in [0.15, 0.2) is 5.78 Å². The molecule has 5 N–H and O–H groups in total. The lowest BCUT2D eigenvalue weighted by Crippen LogP contribution is -2.60. The number of morpholine rings is 1. The van der Waals surface area contributed by atoms with Crippen molar-refractivity contribution in [2.24, 2.45) is 11.8 Å². The molecule has 0 spiro atoms. The van der Waals surface area contributed by atoms with Crippen molar-refractivity contribution in [2.75, 3.05) is 37.3 Å². The van der Waals surface area contributed by atoms with Crippen LogP contribution in [-0.4, -0.2) is 106 Å². The number of ether oxygens (including phenoxy) is 1.